The van der Waals surface area contributed by atoms with E-state index in [1.165, 1.54) is 0 Å². The minimum Gasteiger partial charge on any atom is -0.478 e. The Labute approximate surface area is 125 Å². The van der Waals surface area contributed by atoms with Crippen molar-refractivity contribution in [3.05, 3.63) is 35.4 Å². The Morgan fingerprint density at radius 1 is 1.33 bits per heavy atom. The maximum Gasteiger partial charge on any atom is 0.335 e. The van der Waals surface area contributed by atoms with Crippen LogP contribution >= 0.6 is 0 Å². The normalized spacial score (nSPS) is 18.2. The van der Waals surface area contributed by atoms with Crippen LogP contribution < -0.4 is 0 Å². The predicted octanol–water partition coefficient (Wildman–Crippen LogP) is 2.82. The number of nitrogens with zero attached hydrogens (tertiary/aromatic N) is 1. The first-order valence-corrected chi connectivity index (χ1v) is 7.56. The van der Waals surface area contributed by atoms with E-state index in [9.17, 15) is 9.59 Å². The molecule has 0 bridgehead atoms. The van der Waals surface area contributed by atoms with Crippen molar-refractivity contribution in [2.45, 2.75) is 33.1 Å². The van der Waals surface area contributed by atoms with Crippen LogP contribution in [0.2, 0.25) is 0 Å². The Kier molecular flexibility index (Phi) is 4.99. The van der Waals surface area contributed by atoms with Gasteiger partial charge in [0.15, 0.2) is 0 Å². The molecule has 1 aromatic rings. The molecule has 4 nitrogen and oxygen atoms in total. The predicted molar refractivity (Wildman–Crippen MR) is 81.2 cm³/mol. The van der Waals surface area contributed by atoms with Gasteiger partial charge in [0.2, 0.25) is 5.91 Å². The van der Waals surface area contributed by atoms with Gasteiger partial charge in [-0.15, -0.1) is 0 Å². The fourth-order valence-corrected chi connectivity index (χ4v) is 3.08. The average molecular weight is 289 g/mol. The highest BCUT2D eigenvalue weighted by molar-refractivity contribution is 5.91. The van der Waals surface area contributed by atoms with E-state index in [0.717, 1.165) is 25.9 Å². The van der Waals surface area contributed by atoms with Gasteiger partial charge in [0, 0.05) is 13.1 Å². The van der Waals surface area contributed by atoms with Crippen LogP contribution in [-0.2, 0) is 11.2 Å². The summed E-state index contributed by atoms with van der Waals surface area (Å²) in [6.07, 6.45) is 2.39. The molecule has 0 radical (unpaired) electrons. The molecule has 1 heterocycles. The van der Waals surface area contributed by atoms with Crippen LogP contribution in [0.5, 0.6) is 0 Å². The Morgan fingerprint density at radius 3 is 2.71 bits per heavy atom. The molecule has 21 heavy (non-hydrogen) atoms. The van der Waals surface area contributed by atoms with Gasteiger partial charge in [-0.3, -0.25) is 4.79 Å². The summed E-state index contributed by atoms with van der Waals surface area (Å²) >= 11 is 0. The van der Waals surface area contributed by atoms with E-state index in [-0.39, 0.29) is 17.9 Å². The summed E-state index contributed by atoms with van der Waals surface area (Å²) in [4.78, 5) is 25.4. The third-order valence-electron chi connectivity index (χ3n) is 4.03. The second kappa shape index (κ2) is 6.74. The third-order valence-corrected chi connectivity index (χ3v) is 4.03. The minimum atomic E-state index is -0.975. The molecular formula is C17H23NO3. The van der Waals surface area contributed by atoms with Crippen molar-refractivity contribution in [3.8, 4) is 0 Å². The standard InChI is InChI=1S/C17H23NO3/c1-12(2)9-13-7-8-18(11-13)16(19)10-14-5-3-4-6-15(14)17(20)21/h3-6,12-13H,7-11H2,1-2H3,(H,20,21). The van der Waals surface area contributed by atoms with Gasteiger partial charge < -0.3 is 10.0 Å². The highest BCUT2D eigenvalue weighted by atomic mass is 16.4. The molecule has 1 unspecified atom stereocenters. The lowest BCUT2D eigenvalue weighted by molar-refractivity contribution is -0.129. The van der Waals surface area contributed by atoms with Crippen molar-refractivity contribution in [2.24, 2.45) is 11.8 Å². The summed E-state index contributed by atoms with van der Waals surface area (Å²) in [5.41, 5.74) is 0.825. The Hall–Kier alpha value is -1.84. The highest BCUT2D eigenvalue weighted by Gasteiger charge is 2.27. The van der Waals surface area contributed by atoms with E-state index in [1.807, 2.05) is 4.90 Å². The maximum absolute atomic E-state index is 12.4. The first kappa shape index (κ1) is 15.5. The Bertz CT molecular complexity index is 525. The number of aromatic carboxylic acids is 1. The van der Waals surface area contributed by atoms with Crippen molar-refractivity contribution in [3.63, 3.8) is 0 Å². The van der Waals surface area contributed by atoms with E-state index in [2.05, 4.69) is 13.8 Å². The van der Waals surface area contributed by atoms with Crippen molar-refractivity contribution in [1.82, 2.24) is 4.90 Å². The summed E-state index contributed by atoms with van der Waals surface area (Å²) in [7, 11) is 0. The molecule has 0 spiro atoms. The van der Waals surface area contributed by atoms with E-state index in [1.54, 1.807) is 24.3 Å². The molecule has 0 saturated carbocycles. The smallest absolute Gasteiger partial charge is 0.335 e. The molecule has 1 atom stereocenters. The van der Waals surface area contributed by atoms with Crippen LogP contribution in [0.1, 0.15) is 42.6 Å². The molecule has 1 fully saturated rings. The molecular weight excluding hydrogens is 266 g/mol. The summed E-state index contributed by atoms with van der Waals surface area (Å²) in [6, 6.07) is 6.74. The first-order chi connectivity index (χ1) is 9.97. The lowest BCUT2D eigenvalue weighted by Gasteiger charge is -2.18. The van der Waals surface area contributed by atoms with Gasteiger partial charge in [-0.25, -0.2) is 4.79 Å². The van der Waals surface area contributed by atoms with Crippen molar-refractivity contribution >= 4 is 11.9 Å². The number of benzene rings is 1. The summed E-state index contributed by atoms with van der Waals surface area (Å²) in [5, 5.41) is 9.16. The van der Waals surface area contributed by atoms with Gasteiger partial charge in [-0.2, -0.15) is 0 Å². The molecule has 1 saturated heterocycles. The zero-order valence-corrected chi connectivity index (χ0v) is 12.7. The number of hydrogen-bond acceptors (Lipinski definition) is 2. The molecule has 1 N–H and O–H groups in total. The Balaban J connectivity index is 1.98. The molecule has 1 aliphatic rings. The monoisotopic (exact) mass is 289 g/mol. The zero-order valence-electron chi connectivity index (χ0n) is 12.7. The molecule has 0 aliphatic carbocycles. The minimum absolute atomic E-state index is 0.0370. The van der Waals surface area contributed by atoms with Crippen LogP contribution in [0.25, 0.3) is 0 Å². The quantitative estimate of drug-likeness (QED) is 0.906. The van der Waals surface area contributed by atoms with Crippen LogP contribution in [0.3, 0.4) is 0 Å². The number of carboxylic acid groups (broad SMARTS) is 1. The lowest BCUT2D eigenvalue weighted by atomic mass is 9.97. The van der Waals surface area contributed by atoms with Crippen molar-refractivity contribution in [1.29, 1.82) is 0 Å². The fourth-order valence-electron chi connectivity index (χ4n) is 3.08. The fraction of sp³-hybridized carbons (Fsp3) is 0.529. The SMILES string of the molecule is CC(C)CC1CCN(C(=O)Cc2ccccc2C(=O)O)C1. The number of likely N-dealkylation sites (tertiary alicyclic amines) is 1. The summed E-state index contributed by atoms with van der Waals surface area (Å²) < 4.78 is 0. The highest BCUT2D eigenvalue weighted by Crippen LogP contribution is 2.24. The summed E-state index contributed by atoms with van der Waals surface area (Å²) in [5.74, 6) is 0.300. The second-order valence-corrected chi connectivity index (χ2v) is 6.26. The second-order valence-electron chi connectivity index (χ2n) is 6.26. The van der Waals surface area contributed by atoms with Gasteiger partial charge >= 0.3 is 5.97 Å². The van der Waals surface area contributed by atoms with Crippen LogP contribution in [0.4, 0.5) is 0 Å². The molecule has 2 rings (SSSR count). The molecule has 1 amide bonds. The number of carbonyl (C=O) groups is 2. The zero-order chi connectivity index (χ0) is 15.4. The number of carbonyl (C=O) groups excluding carboxylic acids is 1. The number of amides is 1. The van der Waals surface area contributed by atoms with Crippen LogP contribution in [0, 0.1) is 11.8 Å². The van der Waals surface area contributed by atoms with Gasteiger partial charge in [-0.05, 0) is 36.3 Å². The van der Waals surface area contributed by atoms with Crippen molar-refractivity contribution in [2.75, 3.05) is 13.1 Å². The van der Waals surface area contributed by atoms with E-state index < -0.39 is 5.97 Å². The van der Waals surface area contributed by atoms with Crippen molar-refractivity contribution < 1.29 is 14.7 Å². The number of rotatable bonds is 5. The van der Waals surface area contributed by atoms with Gasteiger partial charge in [-0.1, -0.05) is 32.0 Å². The number of hydrogen-bond donors (Lipinski definition) is 1. The van der Waals surface area contributed by atoms with Gasteiger partial charge in [0.05, 0.1) is 12.0 Å². The average Bonchev–Trinajstić information content (AvgIpc) is 2.86. The lowest BCUT2D eigenvalue weighted by Crippen LogP contribution is -2.30. The molecule has 114 valence electrons. The molecule has 1 aliphatic heterocycles. The maximum atomic E-state index is 12.4. The van der Waals surface area contributed by atoms with E-state index in [0.29, 0.717) is 17.4 Å². The molecule has 0 aromatic heterocycles. The summed E-state index contributed by atoms with van der Waals surface area (Å²) in [6.45, 7) is 6.01. The first-order valence-electron chi connectivity index (χ1n) is 7.56. The number of carboxylic acids is 1. The van der Waals surface area contributed by atoms with E-state index >= 15 is 0 Å². The van der Waals surface area contributed by atoms with Crippen LogP contribution in [0.15, 0.2) is 24.3 Å². The third kappa shape index (κ3) is 4.06. The molecule has 4 heteroatoms. The largest absolute Gasteiger partial charge is 0.478 e. The Morgan fingerprint density at radius 2 is 2.05 bits per heavy atom. The van der Waals surface area contributed by atoms with Gasteiger partial charge in [0.1, 0.15) is 0 Å². The van der Waals surface area contributed by atoms with E-state index in [4.69, 9.17) is 5.11 Å². The molecule has 1 aromatic carbocycles. The van der Waals surface area contributed by atoms with Gasteiger partial charge in [0.25, 0.3) is 0 Å². The van der Waals surface area contributed by atoms with Crippen LogP contribution in [-0.4, -0.2) is 35.0 Å². The topological polar surface area (TPSA) is 57.6 Å².